The summed E-state index contributed by atoms with van der Waals surface area (Å²) in [6.45, 7) is 4.95. The van der Waals surface area contributed by atoms with Crippen molar-refractivity contribution < 1.29 is 14.2 Å². The second-order valence-corrected chi connectivity index (χ2v) is 9.31. The molecule has 4 rings (SSSR count). The Kier molecular flexibility index (Phi) is 7.00. The summed E-state index contributed by atoms with van der Waals surface area (Å²) in [4.78, 5) is 8.20. The van der Waals surface area contributed by atoms with E-state index in [9.17, 15) is 9.50 Å². The molecular formula is C25H29FN2O2S. The number of ether oxygens (including phenoxy) is 1. The molecule has 0 unspecified atom stereocenters. The lowest BCUT2D eigenvalue weighted by Crippen LogP contribution is -2.29. The Bertz CT molecular complexity index is 994. The molecule has 6 heteroatoms. The monoisotopic (exact) mass is 440 g/mol. The molecule has 0 radical (unpaired) electrons. The van der Waals surface area contributed by atoms with Crippen LogP contribution in [0.15, 0.2) is 54.6 Å². The van der Waals surface area contributed by atoms with Gasteiger partial charge in [0, 0.05) is 24.4 Å². The van der Waals surface area contributed by atoms with E-state index in [0.717, 1.165) is 47.9 Å². The van der Waals surface area contributed by atoms with Crippen LogP contribution < -0.4 is 4.74 Å². The Labute approximate surface area is 187 Å². The van der Waals surface area contributed by atoms with E-state index >= 15 is 0 Å². The van der Waals surface area contributed by atoms with Gasteiger partial charge in [0.2, 0.25) is 0 Å². The predicted molar refractivity (Wildman–Crippen MR) is 122 cm³/mol. The average molecular weight is 441 g/mol. The van der Waals surface area contributed by atoms with Crippen molar-refractivity contribution in [3.05, 3.63) is 81.6 Å². The van der Waals surface area contributed by atoms with E-state index in [1.807, 2.05) is 43.3 Å². The number of aryl methyl sites for hydroxylation is 1. The molecule has 0 spiro atoms. The number of hydrogen-bond donors (Lipinski definition) is 1. The van der Waals surface area contributed by atoms with Gasteiger partial charge in [0.25, 0.3) is 0 Å². The van der Waals surface area contributed by atoms with Crippen molar-refractivity contribution in [2.45, 2.75) is 44.8 Å². The van der Waals surface area contributed by atoms with Crippen LogP contribution in [0, 0.1) is 12.7 Å². The molecule has 1 saturated heterocycles. The summed E-state index contributed by atoms with van der Waals surface area (Å²) in [6, 6.07) is 16.6. The van der Waals surface area contributed by atoms with Gasteiger partial charge in [-0.3, -0.25) is 4.90 Å². The topological polar surface area (TPSA) is 45.6 Å². The highest BCUT2D eigenvalue weighted by molar-refractivity contribution is 7.11. The number of hydrogen-bond acceptors (Lipinski definition) is 5. The lowest BCUT2D eigenvalue weighted by molar-refractivity contribution is 0.0207. The second kappa shape index (κ2) is 9.90. The average Bonchev–Trinajstić information content (AvgIpc) is 3.03. The molecule has 31 heavy (non-hydrogen) atoms. The van der Waals surface area contributed by atoms with Gasteiger partial charge in [0.05, 0.1) is 12.3 Å². The minimum absolute atomic E-state index is 0.203. The Morgan fingerprint density at radius 1 is 1.13 bits per heavy atom. The molecule has 164 valence electrons. The number of benzene rings is 2. The molecule has 0 amide bonds. The number of halogens is 1. The highest BCUT2D eigenvalue weighted by atomic mass is 32.1. The zero-order chi connectivity index (χ0) is 21.7. The molecule has 2 heterocycles. The Morgan fingerprint density at radius 2 is 1.97 bits per heavy atom. The third kappa shape index (κ3) is 5.70. The number of nitrogens with zero attached hydrogens (tertiary/aromatic N) is 2. The van der Waals surface area contributed by atoms with E-state index in [1.165, 1.54) is 10.9 Å². The number of aromatic nitrogens is 1. The minimum atomic E-state index is -0.898. The zero-order valence-electron chi connectivity index (χ0n) is 17.9. The zero-order valence-corrected chi connectivity index (χ0v) is 18.7. The summed E-state index contributed by atoms with van der Waals surface area (Å²) in [7, 11) is 0. The fraction of sp³-hybridized carbons (Fsp3) is 0.400. The normalized spacial score (nSPS) is 19.8. The molecule has 1 N–H and O–H groups in total. The molecule has 1 aromatic heterocycles. The Morgan fingerprint density at radius 3 is 2.77 bits per heavy atom. The molecule has 3 aromatic rings. The van der Waals surface area contributed by atoms with Crippen LogP contribution >= 0.6 is 11.3 Å². The largest absolute Gasteiger partial charge is 0.493 e. The van der Waals surface area contributed by atoms with Crippen molar-refractivity contribution >= 4 is 11.3 Å². The van der Waals surface area contributed by atoms with E-state index in [1.54, 1.807) is 23.5 Å². The maximum atomic E-state index is 13.5. The molecule has 0 saturated carbocycles. The quantitative estimate of drug-likeness (QED) is 0.556. The van der Waals surface area contributed by atoms with Crippen LogP contribution in [0.4, 0.5) is 4.39 Å². The van der Waals surface area contributed by atoms with E-state index in [-0.39, 0.29) is 5.82 Å². The van der Waals surface area contributed by atoms with Crippen LogP contribution in [-0.4, -0.2) is 34.7 Å². The number of thiazole rings is 1. The van der Waals surface area contributed by atoms with Crippen molar-refractivity contribution in [1.82, 2.24) is 9.88 Å². The maximum Gasteiger partial charge on any atom is 0.125 e. The molecule has 2 aromatic carbocycles. The van der Waals surface area contributed by atoms with E-state index in [0.29, 0.717) is 26.0 Å². The van der Waals surface area contributed by atoms with Crippen molar-refractivity contribution in [1.29, 1.82) is 0 Å². The molecule has 0 aliphatic carbocycles. The standard InChI is InChI=1S/C25H29FN2O2S/c1-19-23(11-16-30-22-9-3-2-4-10-22)31-24(27-19)25(29)12-6-14-28(15-13-25)18-20-7-5-8-21(26)17-20/h2-5,7-10,17,29H,6,11-16,18H2,1H3/t25-/m0/s1. The molecule has 1 atom stereocenters. The van der Waals surface area contributed by atoms with Crippen molar-refractivity contribution in [2.24, 2.45) is 0 Å². The first-order chi connectivity index (χ1) is 15.0. The molecule has 0 bridgehead atoms. The molecule has 4 nitrogen and oxygen atoms in total. The van der Waals surface area contributed by atoms with Gasteiger partial charge in [-0.2, -0.15) is 0 Å². The summed E-state index contributed by atoms with van der Waals surface area (Å²) in [6.07, 6.45) is 2.99. The SMILES string of the molecule is Cc1nc([C@]2(O)CCCN(Cc3cccc(F)c3)CC2)sc1CCOc1ccccc1. The lowest BCUT2D eigenvalue weighted by Gasteiger charge is -2.25. The van der Waals surface area contributed by atoms with Gasteiger partial charge in [-0.1, -0.05) is 30.3 Å². The van der Waals surface area contributed by atoms with Crippen LogP contribution in [0.3, 0.4) is 0 Å². The number of likely N-dealkylation sites (tertiary alicyclic amines) is 1. The summed E-state index contributed by atoms with van der Waals surface area (Å²) < 4.78 is 19.3. The van der Waals surface area contributed by atoms with Gasteiger partial charge >= 0.3 is 0 Å². The second-order valence-electron chi connectivity index (χ2n) is 8.23. The summed E-state index contributed by atoms with van der Waals surface area (Å²) in [5.41, 5.74) is 1.05. The van der Waals surface area contributed by atoms with Crippen LogP contribution in [-0.2, 0) is 18.6 Å². The number of rotatable bonds is 7. The Balaban J connectivity index is 1.36. The molecular weight excluding hydrogens is 411 g/mol. The highest BCUT2D eigenvalue weighted by Crippen LogP contribution is 2.37. The van der Waals surface area contributed by atoms with Gasteiger partial charge in [-0.05, 0) is 62.6 Å². The highest BCUT2D eigenvalue weighted by Gasteiger charge is 2.35. The Hall–Kier alpha value is -2.28. The molecule has 1 aliphatic rings. The number of para-hydroxylation sites is 1. The fourth-order valence-electron chi connectivity index (χ4n) is 4.08. The predicted octanol–water partition coefficient (Wildman–Crippen LogP) is 5.09. The van der Waals surface area contributed by atoms with Crippen molar-refractivity contribution in [2.75, 3.05) is 19.7 Å². The first-order valence-electron chi connectivity index (χ1n) is 10.9. The third-order valence-corrected chi connectivity index (χ3v) is 7.24. The van der Waals surface area contributed by atoms with Gasteiger partial charge in [0.1, 0.15) is 22.2 Å². The lowest BCUT2D eigenvalue weighted by atomic mass is 9.96. The van der Waals surface area contributed by atoms with E-state index < -0.39 is 5.60 Å². The van der Waals surface area contributed by atoms with Gasteiger partial charge in [-0.25, -0.2) is 9.37 Å². The molecule has 1 aliphatic heterocycles. The minimum Gasteiger partial charge on any atom is -0.493 e. The maximum absolute atomic E-state index is 13.5. The van der Waals surface area contributed by atoms with Crippen LogP contribution in [0.1, 0.15) is 40.4 Å². The number of aliphatic hydroxyl groups is 1. The van der Waals surface area contributed by atoms with E-state index in [2.05, 4.69) is 4.90 Å². The smallest absolute Gasteiger partial charge is 0.125 e. The van der Waals surface area contributed by atoms with Gasteiger partial charge in [0.15, 0.2) is 0 Å². The van der Waals surface area contributed by atoms with Gasteiger partial charge < -0.3 is 9.84 Å². The van der Waals surface area contributed by atoms with Crippen LogP contribution in [0.5, 0.6) is 5.75 Å². The summed E-state index contributed by atoms with van der Waals surface area (Å²) >= 11 is 1.61. The summed E-state index contributed by atoms with van der Waals surface area (Å²) in [5.74, 6) is 0.663. The van der Waals surface area contributed by atoms with Crippen LogP contribution in [0.25, 0.3) is 0 Å². The van der Waals surface area contributed by atoms with E-state index in [4.69, 9.17) is 9.72 Å². The van der Waals surface area contributed by atoms with Crippen LogP contribution in [0.2, 0.25) is 0 Å². The van der Waals surface area contributed by atoms with Gasteiger partial charge in [-0.15, -0.1) is 11.3 Å². The van der Waals surface area contributed by atoms with Crippen molar-refractivity contribution in [3.63, 3.8) is 0 Å². The first-order valence-corrected chi connectivity index (χ1v) is 11.7. The third-order valence-electron chi connectivity index (χ3n) is 5.83. The summed E-state index contributed by atoms with van der Waals surface area (Å²) in [5, 5.41) is 12.2. The fourth-order valence-corrected chi connectivity index (χ4v) is 5.27. The molecule has 1 fully saturated rings. The van der Waals surface area contributed by atoms with Crippen molar-refractivity contribution in [3.8, 4) is 5.75 Å². The first kappa shape index (κ1) is 21.9.